The van der Waals surface area contributed by atoms with E-state index in [1.807, 2.05) is 27.2 Å². The van der Waals surface area contributed by atoms with Crippen molar-refractivity contribution in [2.75, 3.05) is 40.9 Å². The molecule has 37 heavy (non-hydrogen) atoms. The van der Waals surface area contributed by atoms with Gasteiger partial charge in [-0.2, -0.15) is 0 Å². The number of hydrogen-bond acceptors (Lipinski definition) is 5. The first-order valence-electron chi connectivity index (χ1n) is 13.8. The molecule has 0 spiro atoms. The molecule has 1 amide bonds. The zero-order valence-electron chi connectivity index (χ0n) is 23.9. The second-order valence-electron chi connectivity index (χ2n) is 10.5. The number of quaternary nitrogens is 1. The van der Waals surface area contributed by atoms with E-state index in [-0.39, 0.29) is 19.1 Å². The van der Waals surface area contributed by atoms with Crippen LogP contribution in [0.4, 0.5) is 0 Å². The average molecular weight is 546 g/mol. The fourth-order valence-electron chi connectivity index (χ4n) is 3.40. The molecular weight excluding hydrogens is 491 g/mol. The van der Waals surface area contributed by atoms with Gasteiger partial charge in [0.25, 0.3) is 0 Å². The van der Waals surface area contributed by atoms with Crippen LogP contribution in [0.2, 0.25) is 0 Å². The Hall–Kier alpha value is -1.28. The minimum absolute atomic E-state index is 0.0491. The molecule has 9 heteroatoms. The van der Waals surface area contributed by atoms with Crippen molar-refractivity contribution in [3.05, 3.63) is 36.5 Å². The lowest BCUT2D eigenvalue weighted by atomic mass is 10.1. The predicted molar refractivity (Wildman–Crippen MR) is 152 cm³/mol. The zero-order valence-corrected chi connectivity index (χ0v) is 24.8. The molecule has 3 unspecified atom stereocenters. The van der Waals surface area contributed by atoms with Crippen molar-refractivity contribution >= 4 is 13.7 Å². The van der Waals surface area contributed by atoms with Crippen LogP contribution in [0.1, 0.15) is 84.5 Å². The molecule has 0 fully saturated rings. The van der Waals surface area contributed by atoms with E-state index in [0.29, 0.717) is 11.0 Å². The SMILES string of the molecule is CCCCCCCC/C=C/CC/C=C/CC/C=C/C(O)C(COP(=O)(O)OCC[N+](C)(C)C)NC(C)=O. The van der Waals surface area contributed by atoms with Crippen molar-refractivity contribution in [3.63, 3.8) is 0 Å². The lowest BCUT2D eigenvalue weighted by molar-refractivity contribution is -0.870. The Morgan fingerprint density at radius 3 is 2.00 bits per heavy atom. The second-order valence-corrected chi connectivity index (χ2v) is 11.9. The molecule has 0 rings (SSSR count). The van der Waals surface area contributed by atoms with Crippen LogP contribution in [0.25, 0.3) is 0 Å². The van der Waals surface area contributed by atoms with Gasteiger partial charge < -0.3 is 19.8 Å². The number of nitrogens with one attached hydrogen (secondary N) is 1. The molecule has 0 aliphatic rings. The summed E-state index contributed by atoms with van der Waals surface area (Å²) in [5.41, 5.74) is 0. The van der Waals surface area contributed by atoms with Crippen molar-refractivity contribution < 1.29 is 32.9 Å². The highest BCUT2D eigenvalue weighted by atomic mass is 31.2. The van der Waals surface area contributed by atoms with E-state index in [0.717, 1.165) is 25.7 Å². The van der Waals surface area contributed by atoms with Crippen molar-refractivity contribution in [3.8, 4) is 0 Å². The first-order chi connectivity index (χ1) is 17.5. The number of allylic oxidation sites excluding steroid dienone is 5. The van der Waals surface area contributed by atoms with Crippen molar-refractivity contribution in [1.29, 1.82) is 0 Å². The summed E-state index contributed by atoms with van der Waals surface area (Å²) in [6, 6.07) is -0.866. The fourth-order valence-corrected chi connectivity index (χ4v) is 4.13. The molecule has 3 atom stereocenters. The Kier molecular flexibility index (Phi) is 20.9. The van der Waals surface area contributed by atoms with Crippen molar-refractivity contribution in [2.24, 2.45) is 0 Å². The third-order valence-corrected chi connectivity index (χ3v) is 6.61. The minimum atomic E-state index is -4.29. The van der Waals surface area contributed by atoms with Crippen LogP contribution >= 0.6 is 7.82 Å². The molecule has 0 radical (unpaired) electrons. The summed E-state index contributed by atoms with van der Waals surface area (Å²) >= 11 is 0. The monoisotopic (exact) mass is 545 g/mol. The highest BCUT2D eigenvalue weighted by Gasteiger charge is 2.27. The number of likely N-dealkylation sites (N-methyl/N-ethyl adjacent to an activating group) is 1. The third-order valence-electron chi connectivity index (χ3n) is 5.63. The normalized spacial score (nSPS) is 16.0. The number of hydrogen-bond donors (Lipinski definition) is 3. The van der Waals surface area contributed by atoms with E-state index < -0.39 is 20.0 Å². The zero-order chi connectivity index (χ0) is 28.0. The van der Waals surface area contributed by atoms with Crippen LogP contribution in [0, 0.1) is 0 Å². The lowest BCUT2D eigenvalue weighted by Crippen LogP contribution is -2.44. The first kappa shape index (κ1) is 35.7. The smallest absolute Gasteiger partial charge is 0.387 e. The molecule has 0 saturated heterocycles. The highest BCUT2D eigenvalue weighted by Crippen LogP contribution is 2.43. The standard InChI is InChI=1S/C28H53N2O6P/c1-6-7-8-9-10-11-12-13-14-15-16-17-18-19-20-21-22-28(32)27(29-26(2)31)25-36-37(33,34)35-24-23-30(3,4)5/h13-14,17-18,21-22,27-28,32H,6-12,15-16,19-20,23-25H2,1-5H3,(H-,29,31,33,34)/p+1/b14-13+,18-17+,22-21+. The summed E-state index contributed by atoms with van der Waals surface area (Å²) in [6.45, 7) is 3.78. The van der Waals surface area contributed by atoms with Crippen LogP contribution in [-0.2, 0) is 18.4 Å². The number of aliphatic hydroxyl groups is 1. The molecule has 0 aromatic rings. The van der Waals surface area contributed by atoms with Crippen molar-refractivity contribution in [2.45, 2.75) is 96.6 Å². The van der Waals surface area contributed by atoms with Gasteiger partial charge in [-0.1, -0.05) is 75.5 Å². The van der Waals surface area contributed by atoms with E-state index in [9.17, 15) is 19.4 Å². The van der Waals surface area contributed by atoms with Gasteiger partial charge in [-0.05, 0) is 38.5 Å². The highest BCUT2D eigenvalue weighted by molar-refractivity contribution is 7.47. The second kappa shape index (κ2) is 21.6. The van der Waals surface area contributed by atoms with E-state index in [2.05, 4.69) is 36.5 Å². The van der Waals surface area contributed by atoms with Gasteiger partial charge in [-0.25, -0.2) is 4.57 Å². The van der Waals surface area contributed by atoms with Gasteiger partial charge in [-0.3, -0.25) is 13.8 Å². The average Bonchev–Trinajstić information content (AvgIpc) is 2.80. The van der Waals surface area contributed by atoms with Gasteiger partial charge in [0.1, 0.15) is 13.2 Å². The van der Waals surface area contributed by atoms with Crippen LogP contribution in [0.5, 0.6) is 0 Å². The molecule has 0 aliphatic carbocycles. The number of phosphoric ester groups is 1. The number of rotatable bonds is 23. The van der Waals surface area contributed by atoms with E-state index in [1.54, 1.807) is 6.08 Å². The Balaban J connectivity index is 4.20. The molecule has 0 aromatic heterocycles. The number of phosphoric acid groups is 1. The molecule has 0 saturated carbocycles. The summed E-state index contributed by atoms with van der Waals surface area (Å²) in [4.78, 5) is 21.4. The maximum Gasteiger partial charge on any atom is 0.472 e. The number of aliphatic hydroxyl groups excluding tert-OH is 1. The van der Waals surface area contributed by atoms with Crippen molar-refractivity contribution in [1.82, 2.24) is 5.32 Å². The molecule has 216 valence electrons. The van der Waals surface area contributed by atoms with Gasteiger partial charge >= 0.3 is 7.82 Å². The number of amides is 1. The van der Waals surface area contributed by atoms with Crippen LogP contribution < -0.4 is 5.32 Å². The predicted octanol–water partition coefficient (Wildman–Crippen LogP) is 5.67. The fraction of sp³-hybridized carbons (Fsp3) is 0.750. The number of carbonyl (C=O) groups excluding carboxylic acids is 1. The van der Waals surface area contributed by atoms with Gasteiger partial charge in [0.2, 0.25) is 5.91 Å². The Morgan fingerprint density at radius 1 is 0.892 bits per heavy atom. The van der Waals surface area contributed by atoms with Gasteiger partial charge in [0, 0.05) is 6.92 Å². The molecule has 3 N–H and O–H groups in total. The minimum Gasteiger partial charge on any atom is -0.387 e. The van der Waals surface area contributed by atoms with E-state index in [1.165, 1.54) is 51.9 Å². The summed E-state index contributed by atoms with van der Waals surface area (Å²) in [5, 5.41) is 13.0. The summed E-state index contributed by atoms with van der Waals surface area (Å²) in [7, 11) is 1.52. The van der Waals surface area contributed by atoms with E-state index in [4.69, 9.17) is 9.05 Å². The van der Waals surface area contributed by atoms with Gasteiger partial charge in [0.05, 0.1) is 39.9 Å². The topological polar surface area (TPSA) is 105 Å². The maximum absolute atomic E-state index is 12.1. The van der Waals surface area contributed by atoms with E-state index >= 15 is 0 Å². The largest absolute Gasteiger partial charge is 0.472 e. The summed E-state index contributed by atoms with van der Waals surface area (Å²) in [5.74, 6) is -0.372. The van der Waals surface area contributed by atoms with Crippen LogP contribution in [0.3, 0.4) is 0 Å². The molecule has 0 heterocycles. The number of unbranched alkanes of at least 4 members (excludes halogenated alkanes) is 8. The Morgan fingerprint density at radius 2 is 1.43 bits per heavy atom. The van der Waals surface area contributed by atoms with Gasteiger partial charge in [-0.15, -0.1) is 0 Å². The van der Waals surface area contributed by atoms with Crippen LogP contribution in [-0.4, -0.2) is 73.4 Å². The Labute approximate surface area is 226 Å². The summed E-state index contributed by atoms with van der Waals surface area (Å²) in [6.07, 6.45) is 24.0. The lowest BCUT2D eigenvalue weighted by Gasteiger charge is -2.25. The number of carbonyl (C=O) groups is 1. The molecule has 8 nitrogen and oxygen atoms in total. The van der Waals surface area contributed by atoms with Gasteiger partial charge in [0.15, 0.2) is 0 Å². The third kappa shape index (κ3) is 24.8. The van der Waals surface area contributed by atoms with Crippen LogP contribution in [0.15, 0.2) is 36.5 Å². The molecule has 0 aromatic carbocycles. The molecular formula is C28H54N2O6P+. The molecule has 0 aliphatic heterocycles. The molecule has 0 bridgehead atoms. The summed E-state index contributed by atoms with van der Waals surface area (Å²) < 4.78 is 22.7. The number of nitrogens with zero attached hydrogens (tertiary/aromatic N) is 1. The quantitative estimate of drug-likeness (QED) is 0.0661. The Bertz CT molecular complexity index is 718. The first-order valence-corrected chi connectivity index (χ1v) is 15.3. The maximum atomic E-state index is 12.1.